The molecule has 2 fully saturated rings. The minimum atomic E-state index is -0.447. The number of benzene rings is 1. The van der Waals surface area contributed by atoms with E-state index in [1.165, 1.54) is 11.0 Å². The van der Waals surface area contributed by atoms with Crippen LogP contribution in [0.4, 0.5) is 16.0 Å². The van der Waals surface area contributed by atoms with Crippen LogP contribution in [0.15, 0.2) is 42.6 Å². The second-order valence-electron chi connectivity index (χ2n) is 7.62. The largest absolute Gasteiger partial charge is 0.353 e. The Kier molecular flexibility index (Phi) is 4.57. The van der Waals surface area contributed by atoms with Gasteiger partial charge in [0.05, 0.1) is 16.8 Å². The van der Waals surface area contributed by atoms with Crippen LogP contribution in [0.1, 0.15) is 6.42 Å². The van der Waals surface area contributed by atoms with E-state index < -0.39 is 11.7 Å². The molecule has 3 aromatic rings. The normalized spacial score (nSPS) is 19.7. The van der Waals surface area contributed by atoms with Crippen molar-refractivity contribution >= 4 is 34.4 Å². The van der Waals surface area contributed by atoms with Crippen LogP contribution in [-0.4, -0.2) is 64.6 Å². The van der Waals surface area contributed by atoms with E-state index in [1.54, 1.807) is 18.3 Å². The average Bonchev–Trinajstić information content (AvgIpc) is 3.38. The minimum Gasteiger partial charge on any atom is -0.353 e. The van der Waals surface area contributed by atoms with Crippen LogP contribution in [0.3, 0.4) is 0 Å². The summed E-state index contributed by atoms with van der Waals surface area (Å²) >= 11 is 0. The van der Waals surface area contributed by atoms with Gasteiger partial charge < -0.3 is 9.80 Å². The summed E-state index contributed by atoms with van der Waals surface area (Å²) in [6.07, 6.45) is 1.87. The number of aromatic nitrogens is 3. The van der Waals surface area contributed by atoms with Gasteiger partial charge in [0.15, 0.2) is 5.82 Å². The fraction of sp³-hybridized carbons (Fsp3) is 0.333. The molecule has 154 valence electrons. The van der Waals surface area contributed by atoms with Gasteiger partial charge in [0.25, 0.3) is 0 Å². The summed E-state index contributed by atoms with van der Waals surface area (Å²) in [5, 5.41) is 7.18. The number of halogens is 1. The third-order valence-corrected chi connectivity index (χ3v) is 5.81. The number of carbonyl (C=O) groups excluding carboxylic acids is 2. The molecule has 1 N–H and O–H groups in total. The maximum absolute atomic E-state index is 14.3. The lowest BCUT2D eigenvalue weighted by Gasteiger charge is -2.36. The number of rotatable bonds is 3. The van der Waals surface area contributed by atoms with Gasteiger partial charge in [-0.15, -0.1) is 0 Å². The molecule has 0 spiro atoms. The van der Waals surface area contributed by atoms with Crippen molar-refractivity contribution in [2.45, 2.75) is 6.42 Å². The van der Waals surface area contributed by atoms with E-state index in [9.17, 15) is 14.0 Å². The number of aromatic amines is 1. The topological polar surface area (TPSA) is 85.4 Å². The maximum atomic E-state index is 14.3. The summed E-state index contributed by atoms with van der Waals surface area (Å²) in [6.45, 7) is 2.78. The smallest absolute Gasteiger partial charge is 0.229 e. The summed E-state index contributed by atoms with van der Waals surface area (Å²) in [4.78, 5) is 35.4. The molecule has 5 rings (SSSR count). The monoisotopic (exact) mass is 408 g/mol. The number of nitrogens with zero attached hydrogens (tertiary/aromatic N) is 5. The van der Waals surface area contributed by atoms with Gasteiger partial charge in [0.2, 0.25) is 11.8 Å². The Bertz CT molecular complexity index is 1090. The zero-order valence-electron chi connectivity index (χ0n) is 16.3. The van der Waals surface area contributed by atoms with Crippen molar-refractivity contribution in [2.24, 2.45) is 5.92 Å². The summed E-state index contributed by atoms with van der Waals surface area (Å²) in [7, 11) is 0. The highest BCUT2D eigenvalue weighted by molar-refractivity contribution is 6.05. The number of fused-ring (bicyclic) bond motifs is 1. The van der Waals surface area contributed by atoms with E-state index in [0.717, 1.165) is 5.82 Å². The molecule has 0 bridgehead atoms. The molecule has 0 aliphatic carbocycles. The summed E-state index contributed by atoms with van der Waals surface area (Å²) in [5.41, 5.74) is 0.526. The number of anilines is 2. The Morgan fingerprint density at radius 1 is 1.10 bits per heavy atom. The molecule has 2 aliphatic rings. The Balaban J connectivity index is 1.27. The highest BCUT2D eigenvalue weighted by Crippen LogP contribution is 2.32. The minimum absolute atomic E-state index is 0.0353. The highest BCUT2D eigenvalue weighted by Gasteiger charge is 2.39. The number of carbonyl (C=O) groups is 2. The van der Waals surface area contributed by atoms with Gasteiger partial charge in [0.1, 0.15) is 11.6 Å². The van der Waals surface area contributed by atoms with Crippen LogP contribution in [0, 0.1) is 11.7 Å². The fourth-order valence-corrected chi connectivity index (χ4v) is 4.24. The lowest BCUT2D eigenvalue weighted by atomic mass is 10.1. The van der Waals surface area contributed by atoms with E-state index in [0.29, 0.717) is 31.7 Å². The van der Waals surface area contributed by atoms with Crippen molar-refractivity contribution in [3.63, 3.8) is 0 Å². The molecular formula is C21H21FN6O2. The first kappa shape index (κ1) is 18.5. The van der Waals surface area contributed by atoms with Gasteiger partial charge in [0, 0.05) is 45.3 Å². The van der Waals surface area contributed by atoms with Crippen LogP contribution in [0.2, 0.25) is 0 Å². The highest BCUT2D eigenvalue weighted by atomic mass is 19.1. The molecule has 1 atom stereocenters. The number of amides is 2. The van der Waals surface area contributed by atoms with E-state index in [2.05, 4.69) is 20.1 Å². The van der Waals surface area contributed by atoms with Crippen molar-refractivity contribution in [2.75, 3.05) is 42.5 Å². The predicted octanol–water partition coefficient (Wildman–Crippen LogP) is 1.80. The van der Waals surface area contributed by atoms with Crippen molar-refractivity contribution in [3.8, 4) is 0 Å². The molecule has 4 heterocycles. The number of pyridine rings is 1. The lowest BCUT2D eigenvalue weighted by molar-refractivity contribution is -0.136. The first-order chi connectivity index (χ1) is 14.6. The number of nitrogens with one attached hydrogen (secondary N) is 1. The van der Waals surface area contributed by atoms with E-state index >= 15 is 0 Å². The number of hydrogen-bond donors (Lipinski definition) is 1. The summed E-state index contributed by atoms with van der Waals surface area (Å²) in [6, 6.07) is 10.4. The zero-order chi connectivity index (χ0) is 20.7. The SMILES string of the molecule is O=C([C@H]1CC(=O)N(c2n[nH]c3cccc(F)c23)C1)N1CCN(c2ccccn2)CC1. The maximum Gasteiger partial charge on any atom is 0.229 e. The quantitative estimate of drug-likeness (QED) is 0.714. The molecule has 2 aromatic heterocycles. The molecule has 9 heteroatoms. The Labute approximate surface area is 172 Å². The van der Waals surface area contributed by atoms with Gasteiger partial charge in [-0.3, -0.25) is 19.6 Å². The third-order valence-electron chi connectivity index (χ3n) is 5.81. The van der Waals surface area contributed by atoms with Gasteiger partial charge in [-0.2, -0.15) is 5.10 Å². The second kappa shape index (κ2) is 7.40. The van der Waals surface area contributed by atoms with E-state index in [4.69, 9.17) is 0 Å². The summed E-state index contributed by atoms with van der Waals surface area (Å²) < 4.78 is 14.3. The molecule has 30 heavy (non-hydrogen) atoms. The first-order valence-electron chi connectivity index (χ1n) is 9.99. The second-order valence-corrected chi connectivity index (χ2v) is 7.62. The Hall–Kier alpha value is -3.49. The van der Waals surface area contributed by atoms with Crippen LogP contribution < -0.4 is 9.80 Å². The number of piperazine rings is 1. The molecular weight excluding hydrogens is 387 g/mol. The van der Waals surface area contributed by atoms with Gasteiger partial charge in [-0.25, -0.2) is 9.37 Å². The standard InChI is InChI=1S/C21H21FN6O2/c22-15-4-3-5-16-19(15)20(25-24-16)28-13-14(12-18(28)29)21(30)27-10-8-26(9-11-27)17-6-1-2-7-23-17/h1-7,14H,8-13H2,(H,24,25)/t14-/m0/s1. The molecule has 2 amide bonds. The molecule has 1 aromatic carbocycles. The van der Waals surface area contributed by atoms with Gasteiger partial charge in [-0.1, -0.05) is 12.1 Å². The van der Waals surface area contributed by atoms with Crippen molar-refractivity contribution < 1.29 is 14.0 Å². The molecule has 0 unspecified atom stereocenters. The molecule has 0 saturated carbocycles. The van der Waals surface area contributed by atoms with Crippen molar-refractivity contribution in [3.05, 3.63) is 48.4 Å². The lowest BCUT2D eigenvalue weighted by Crippen LogP contribution is -2.51. The predicted molar refractivity (Wildman–Crippen MR) is 110 cm³/mol. The van der Waals surface area contributed by atoms with Crippen LogP contribution in [0.5, 0.6) is 0 Å². The van der Waals surface area contributed by atoms with Gasteiger partial charge in [-0.05, 0) is 24.3 Å². The first-order valence-corrected chi connectivity index (χ1v) is 9.99. The average molecular weight is 408 g/mol. The third kappa shape index (κ3) is 3.16. The molecule has 2 aliphatic heterocycles. The zero-order valence-corrected chi connectivity index (χ0v) is 16.3. The molecule has 2 saturated heterocycles. The van der Waals surface area contributed by atoms with E-state index in [-0.39, 0.29) is 36.0 Å². The fourth-order valence-electron chi connectivity index (χ4n) is 4.24. The van der Waals surface area contributed by atoms with Crippen molar-refractivity contribution in [1.82, 2.24) is 20.1 Å². The van der Waals surface area contributed by atoms with Crippen LogP contribution in [-0.2, 0) is 9.59 Å². The Morgan fingerprint density at radius 3 is 2.70 bits per heavy atom. The van der Waals surface area contributed by atoms with Crippen LogP contribution in [0.25, 0.3) is 10.9 Å². The Morgan fingerprint density at radius 2 is 1.93 bits per heavy atom. The molecule has 8 nitrogen and oxygen atoms in total. The van der Waals surface area contributed by atoms with Crippen LogP contribution >= 0.6 is 0 Å². The molecule has 0 radical (unpaired) electrons. The number of H-pyrrole nitrogens is 1. The summed E-state index contributed by atoms with van der Waals surface area (Å²) in [5.74, 6) is 0.0217. The van der Waals surface area contributed by atoms with Gasteiger partial charge >= 0.3 is 0 Å². The number of hydrogen-bond acceptors (Lipinski definition) is 5. The van der Waals surface area contributed by atoms with E-state index in [1.807, 2.05) is 23.1 Å². The van der Waals surface area contributed by atoms with Crippen molar-refractivity contribution in [1.29, 1.82) is 0 Å².